The van der Waals surface area contributed by atoms with Crippen LogP contribution in [0.5, 0.6) is 0 Å². The second-order valence-electron chi connectivity index (χ2n) is 4.49. The Bertz CT molecular complexity index is 770. The number of aliphatic hydroxyl groups excluding tert-OH is 1. The Morgan fingerprint density at radius 2 is 1.90 bits per heavy atom. The van der Waals surface area contributed by atoms with Gasteiger partial charge in [0.05, 0.1) is 5.69 Å². The first-order chi connectivity index (χ1) is 9.66. The average molecular weight is 288 g/mol. The van der Waals surface area contributed by atoms with Crippen molar-refractivity contribution in [2.45, 2.75) is 6.10 Å². The van der Waals surface area contributed by atoms with Crippen molar-refractivity contribution in [3.63, 3.8) is 0 Å². The fourth-order valence-corrected chi connectivity index (χ4v) is 2.39. The maximum atomic E-state index is 13.9. The summed E-state index contributed by atoms with van der Waals surface area (Å²) in [5.41, 5.74) is 0.600. The van der Waals surface area contributed by atoms with Gasteiger partial charge < -0.3 is 5.11 Å². The number of aliphatic hydroxyl groups is 1. The van der Waals surface area contributed by atoms with E-state index in [0.29, 0.717) is 10.7 Å². The molecule has 2 aromatic carbocycles. The number of aromatic nitrogens is 1. The predicted octanol–water partition coefficient (Wildman–Crippen LogP) is 4.11. The van der Waals surface area contributed by atoms with Gasteiger partial charge in [0.1, 0.15) is 11.9 Å². The smallest absolute Gasteiger partial charge is 0.130 e. The highest BCUT2D eigenvalue weighted by molar-refractivity contribution is 6.30. The molecule has 1 aromatic heterocycles. The van der Waals surface area contributed by atoms with Gasteiger partial charge in [-0.2, -0.15) is 0 Å². The zero-order valence-corrected chi connectivity index (χ0v) is 11.2. The number of hydrogen-bond donors (Lipinski definition) is 1. The van der Waals surface area contributed by atoms with Crippen LogP contribution >= 0.6 is 11.6 Å². The molecular formula is C16H11ClFNO. The summed E-state index contributed by atoms with van der Waals surface area (Å²) >= 11 is 5.73. The molecule has 1 heterocycles. The maximum absolute atomic E-state index is 13.9. The molecule has 0 saturated carbocycles. The molecule has 0 radical (unpaired) electrons. The Labute approximate surface area is 120 Å². The summed E-state index contributed by atoms with van der Waals surface area (Å²) in [5, 5.41) is 12.5. The van der Waals surface area contributed by atoms with Crippen LogP contribution < -0.4 is 0 Å². The molecule has 3 rings (SSSR count). The van der Waals surface area contributed by atoms with E-state index < -0.39 is 11.9 Å². The van der Waals surface area contributed by atoms with Crippen LogP contribution in [0, 0.1) is 5.82 Å². The van der Waals surface area contributed by atoms with Gasteiger partial charge in [-0.25, -0.2) is 4.39 Å². The summed E-state index contributed by atoms with van der Waals surface area (Å²) < 4.78 is 13.9. The highest BCUT2D eigenvalue weighted by atomic mass is 35.5. The zero-order chi connectivity index (χ0) is 14.1. The Kier molecular flexibility index (Phi) is 3.38. The molecule has 2 nitrogen and oxygen atoms in total. The lowest BCUT2D eigenvalue weighted by molar-refractivity contribution is 0.212. The van der Waals surface area contributed by atoms with Gasteiger partial charge in [0.2, 0.25) is 0 Å². The maximum Gasteiger partial charge on any atom is 0.130 e. The second kappa shape index (κ2) is 5.19. The summed E-state index contributed by atoms with van der Waals surface area (Å²) in [7, 11) is 0. The van der Waals surface area contributed by atoms with E-state index in [-0.39, 0.29) is 5.56 Å². The van der Waals surface area contributed by atoms with E-state index in [1.807, 2.05) is 30.3 Å². The summed E-state index contributed by atoms with van der Waals surface area (Å²) in [6.07, 6.45) is 0.479. The number of benzene rings is 2. The van der Waals surface area contributed by atoms with Crippen LogP contribution in [0.2, 0.25) is 5.02 Å². The minimum Gasteiger partial charge on any atom is -0.382 e. The quantitative estimate of drug-likeness (QED) is 0.769. The molecule has 0 spiro atoms. The number of pyridine rings is 1. The molecule has 1 unspecified atom stereocenters. The summed E-state index contributed by atoms with van der Waals surface area (Å²) in [4.78, 5) is 4.20. The van der Waals surface area contributed by atoms with Crippen LogP contribution in [0.4, 0.5) is 4.39 Å². The first-order valence-electron chi connectivity index (χ1n) is 6.13. The molecule has 0 saturated heterocycles. The van der Waals surface area contributed by atoms with Gasteiger partial charge in [-0.1, -0.05) is 41.9 Å². The third kappa shape index (κ3) is 2.26. The monoisotopic (exact) mass is 287 g/mol. The molecule has 1 N–H and O–H groups in total. The van der Waals surface area contributed by atoms with Crippen LogP contribution in [-0.4, -0.2) is 10.1 Å². The fraction of sp³-hybridized carbons (Fsp3) is 0.0625. The van der Waals surface area contributed by atoms with E-state index in [1.54, 1.807) is 12.3 Å². The van der Waals surface area contributed by atoms with Crippen LogP contribution in [-0.2, 0) is 0 Å². The van der Waals surface area contributed by atoms with E-state index in [0.717, 1.165) is 10.8 Å². The van der Waals surface area contributed by atoms with Crippen molar-refractivity contribution in [2.24, 2.45) is 0 Å². The molecule has 4 heteroatoms. The van der Waals surface area contributed by atoms with Crippen LogP contribution in [0.25, 0.3) is 10.8 Å². The lowest BCUT2D eigenvalue weighted by Gasteiger charge is -2.14. The minimum absolute atomic E-state index is 0.165. The predicted molar refractivity (Wildman–Crippen MR) is 77.2 cm³/mol. The molecule has 0 fully saturated rings. The summed E-state index contributed by atoms with van der Waals surface area (Å²) in [6, 6.07) is 13.6. The normalized spacial score (nSPS) is 12.6. The second-order valence-corrected chi connectivity index (χ2v) is 4.92. The Hall–Kier alpha value is -1.97. The topological polar surface area (TPSA) is 33.1 Å². The Balaban J connectivity index is 2.15. The van der Waals surface area contributed by atoms with Gasteiger partial charge in [-0.15, -0.1) is 0 Å². The van der Waals surface area contributed by atoms with Crippen molar-refractivity contribution in [3.8, 4) is 0 Å². The van der Waals surface area contributed by atoms with E-state index in [4.69, 9.17) is 11.6 Å². The van der Waals surface area contributed by atoms with E-state index in [2.05, 4.69) is 4.98 Å². The largest absolute Gasteiger partial charge is 0.382 e. The van der Waals surface area contributed by atoms with Crippen molar-refractivity contribution in [3.05, 3.63) is 76.8 Å². The first kappa shape index (κ1) is 13.0. The highest BCUT2D eigenvalue weighted by Crippen LogP contribution is 2.29. The van der Waals surface area contributed by atoms with Crippen LogP contribution in [0.1, 0.15) is 17.4 Å². The molecule has 1 atom stereocenters. The first-order valence-corrected chi connectivity index (χ1v) is 6.51. The van der Waals surface area contributed by atoms with Gasteiger partial charge in [0, 0.05) is 22.2 Å². The van der Waals surface area contributed by atoms with Crippen LogP contribution in [0.15, 0.2) is 54.7 Å². The zero-order valence-electron chi connectivity index (χ0n) is 10.4. The van der Waals surface area contributed by atoms with E-state index in [1.165, 1.54) is 12.1 Å². The third-order valence-corrected chi connectivity index (χ3v) is 3.46. The number of rotatable bonds is 2. The number of nitrogens with zero attached hydrogens (tertiary/aromatic N) is 1. The number of halogens is 2. The summed E-state index contributed by atoms with van der Waals surface area (Å²) in [6.45, 7) is 0. The van der Waals surface area contributed by atoms with E-state index in [9.17, 15) is 9.50 Å². The number of hydrogen-bond acceptors (Lipinski definition) is 2. The van der Waals surface area contributed by atoms with Crippen molar-refractivity contribution in [2.75, 3.05) is 0 Å². The number of fused-ring (bicyclic) bond motifs is 1. The average Bonchev–Trinajstić information content (AvgIpc) is 2.46. The van der Waals surface area contributed by atoms with Gasteiger partial charge in [0.15, 0.2) is 0 Å². The molecule has 0 bridgehead atoms. The molecule has 0 aliphatic carbocycles. The standard InChI is InChI=1S/C16H11ClFNO/c17-11-5-6-13(14(18)9-11)16(20)15-12-4-2-1-3-10(12)7-8-19-15/h1-9,16,20H. The van der Waals surface area contributed by atoms with Gasteiger partial charge in [-0.05, 0) is 23.6 Å². The lowest BCUT2D eigenvalue weighted by atomic mass is 10.0. The molecular weight excluding hydrogens is 277 g/mol. The van der Waals surface area contributed by atoms with E-state index >= 15 is 0 Å². The molecule has 0 aliphatic rings. The van der Waals surface area contributed by atoms with Gasteiger partial charge in [0.25, 0.3) is 0 Å². The van der Waals surface area contributed by atoms with Crippen molar-refractivity contribution < 1.29 is 9.50 Å². The highest BCUT2D eigenvalue weighted by Gasteiger charge is 2.18. The Morgan fingerprint density at radius 1 is 1.10 bits per heavy atom. The summed E-state index contributed by atoms with van der Waals surface area (Å²) in [5.74, 6) is -0.542. The van der Waals surface area contributed by atoms with Crippen molar-refractivity contribution >= 4 is 22.4 Å². The molecule has 0 aliphatic heterocycles. The van der Waals surface area contributed by atoms with Gasteiger partial charge in [-0.3, -0.25) is 4.98 Å². The third-order valence-electron chi connectivity index (χ3n) is 3.22. The molecule has 20 heavy (non-hydrogen) atoms. The van der Waals surface area contributed by atoms with Crippen LogP contribution in [0.3, 0.4) is 0 Å². The molecule has 0 amide bonds. The Morgan fingerprint density at radius 3 is 2.70 bits per heavy atom. The fourth-order valence-electron chi connectivity index (χ4n) is 2.23. The minimum atomic E-state index is -1.13. The SMILES string of the molecule is OC(c1ccc(Cl)cc1F)c1nccc2ccccc12. The lowest BCUT2D eigenvalue weighted by Crippen LogP contribution is -2.05. The van der Waals surface area contributed by atoms with Crippen molar-refractivity contribution in [1.82, 2.24) is 4.98 Å². The molecule has 3 aromatic rings. The molecule has 100 valence electrons. The van der Waals surface area contributed by atoms with Crippen molar-refractivity contribution in [1.29, 1.82) is 0 Å². The van der Waals surface area contributed by atoms with Gasteiger partial charge >= 0.3 is 0 Å².